The highest BCUT2D eigenvalue weighted by Gasteiger charge is 2.18. The highest BCUT2D eigenvalue weighted by atomic mass is 32.2. The molecule has 20 heavy (non-hydrogen) atoms. The Hall–Kier alpha value is -0.910. The van der Waals surface area contributed by atoms with Gasteiger partial charge in [-0.25, -0.2) is 4.79 Å². The largest absolute Gasteiger partial charge is 0.481 e. The molecule has 1 aliphatic rings. The lowest BCUT2D eigenvalue weighted by atomic mass is 9.94. The molecule has 0 aromatic heterocycles. The molecule has 1 unspecified atom stereocenters. The smallest absolute Gasteiger partial charge is 0.314 e. The Morgan fingerprint density at radius 2 is 2.10 bits per heavy atom. The fourth-order valence-electron chi connectivity index (χ4n) is 2.46. The van der Waals surface area contributed by atoms with Crippen molar-refractivity contribution < 1.29 is 14.7 Å². The summed E-state index contributed by atoms with van der Waals surface area (Å²) in [5, 5.41) is 15.1. The van der Waals surface area contributed by atoms with Gasteiger partial charge in [-0.3, -0.25) is 4.79 Å². The summed E-state index contributed by atoms with van der Waals surface area (Å²) >= 11 is 1.91. The molecule has 1 fully saturated rings. The van der Waals surface area contributed by atoms with Crippen LogP contribution in [0, 0.1) is 11.8 Å². The highest BCUT2D eigenvalue weighted by molar-refractivity contribution is 8.00. The number of urea groups is 1. The van der Waals surface area contributed by atoms with Crippen molar-refractivity contribution in [3.8, 4) is 0 Å². The third kappa shape index (κ3) is 7.62. The zero-order chi connectivity index (χ0) is 15.0. The summed E-state index contributed by atoms with van der Waals surface area (Å²) in [7, 11) is 0. The van der Waals surface area contributed by atoms with Crippen LogP contribution in [0.5, 0.6) is 0 Å². The average Bonchev–Trinajstić information content (AvgIpc) is 2.85. The minimum Gasteiger partial charge on any atom is -0.481 e. The molecule has 0 spiro atoms. The van der Waals surface area contributed by atoms with E-state index in [9.17, 15) is 9.59 Å². The van der Waals surface area contributed by atoms with Crippen molar-refractivity contribution >= 4 is 23.8 Å². The van der Waals surface area contributed by atoms with Crippen molar-refractivity contribution in [2.45, 2.75) is 44.8 Å². The summed E-state index contributed by atoms with van der Waals surface area (Å²) in [5.41, 5.74) is 0. The molecule has 1 saturated heterocycles. The van der Waals surface area contributed by atoms with Crippen LogP contribution in [0.4, 0.5) is 4.79 Å². The number of aliphatic carboxylic acids is 1. The number of hydrogen-bond donors (Lipinski definition) is 3. The maximum atomic E-state index is 11.7. The van der Waals surface area contributed by atoms with Crippen LogP contribution >= 0.6 is 11.8 Å². The standard InChI is InChI=1S/C14H26N2O3S/c1-10(2)6-11(7-13(17)18)8-15-14(19)16-9-12-4-3-5-20-12/h10-12H,3-9H2,1-2H3,(H,17,18)(H2,15,16,19)/t11-,12?/m0/s1. The van der Waals surface area contributed by atoms with E-state index in [0.29, 0.717) is 24.3 Å². The molecule has 0 aromatic rings. The minimum atomic E-state index is -0.805. The van der Waals surface area contributed by atoms with E-state index in [2.05, 4.69) is 24.5 Å². The average molecular weight is 302 g/mol. The second-order valence-electron chi connectivity index (χ2n) is 5.82. The molecular formula is C14H26N2O3S. The van der Waals surface area contributed by atoms with Crippen LogP contribution in [0.1, 0.15) is 39.5 Å². The summed E-state index contributed by atoms with van der Waals surface area (Å²) in [6.07, 6.45) is 3.32. The van der Waals surface area contributed by atoms with Gasteiger partial charge in [-0.15, -0.1) is 0 Å². The van der Waals surface area contributed by atoms with Crippen LogP contribution in [0.25, 0.3) is 0 Å². The quantitative estimate of drug-likeness (QED) is 0.643. The summed E-state index contributed by atoms with van der Waals surface area (Å²) < 4.78 is 0. The molecule has 0 aromatic carbocycles. The summed E-state index contributed by atoms with van der Waals surface area (Å²) in [5.74, 6) is 0.807. The number of thioether (sulfide) groups is 1. The first-order valence-electron chi connectivity index (χ1n) is 7.32. The van der Waals surface area contributed by atoms with E-state index >= 15 is 0 Å². The fraction of sp³-hybridized carbons (Fsp3) is 0.857. The minimum absolute atomic E-state index is 0.000828. The number of nitrogens with one attached hydrogen (secondary N) is 2. The van der Waals surface area contributed by atoms with Crippen molar-refractivity contribution in [2.75, 3.05) is 18.8 Å². The van der Waals surface area contributed by atoms with Crippen molar-refractivity contribution in [3.63, 3.8) is 0 Å². The van der Waals surface area contributed by atoms with Gasteiger partial charge >= 0.3 is 12.0 Å². The number of carboxylic acid groups (broad SMARTS) is 1. The lowest BCUT2D eigenvalue weighted by Crippen LogP contribution is -2.41. The lowest BCUT2D eigenvalue weighted by Gasteiger charge is -2.18. The molecule has 6 heteroatoms. The second kappa shape index (κ2) is 9.10. The first kappa shape index (κ1) is 17.1. The first-order valence-corrected chi connectivity index (χ1v) is 8.37. The van der Waals surface area contributed by atoms with Crippen LogP contribution in [0.15, 0.2) is 0 Å². The molecule has 116 valence electrons. The molecular weight excluding hydrogens is 276 g/mol. The van der Waals surface area contributed by atoms with Gasteiger partial charge in [0, 0.05) is 24.8 Å². The Balaban J connectivity index is 2.22. The first-order chi connectivity index (χ1) is 9.47. The zero-order valence-electron chi connectivity index (χ0n) is 12.4. The fourth-order valence-corrected chi connectivity index (χ4v) is 3.67. The number of hydrogen-bond acceptors (Lipinski definition) is 3. The third-order valence-electron chi connectivity index (χ3n) is 3.33. The molecule has 0 bridgehead atoms. The molecule has 1 heterocycles. The molecule has 0 radical (unpaired) electrons. The summed E-state index contributed by atoms with van der Waals surface area (Å²) in [6.45, 7) is 5.25. The highest BCUT2D eigenvalue weighted by Crippen LogP contribution is 2.25. The van der Waals surface area contributed by atoms with Crippen LogP contribution in [0.2, 0.25) is 0 Å². The summed E-state index contributed by atoms with van der Waals surface area (Å²) in [6, 6.07) is -0.184. The lowest BCUT2D eigenvalue weighted by molar-refractivity contribution is -0.138. The van der Waals surface area contributed by atoms with Gasteiger partial charge in [0.1, 0.15) is 0 Å². The molecule has 5 nitrogen and oxygen atoms in total. The Bertz CT molecular complexity index is 318. The molecule has 2 atom stereocenters. The van der Waals surface area contributed by atoms with Gasteiger partial charge in [-0.05, 0) is 36.9 Å². The van der Waals surface area contributed by atoms with E-state index < -0.39 is 5.97 Å². The molecule has 0 aliphatic carbocycles. The maximum absolute atomic E-state index is 11.7. The van der Waals surface area contributed by atoms with Gasteiger partial charge in [-0.1, -0.05) is 13.8 Å². The molecule has 2 amide bonds. The second-order valence-corrected chi connectivity index (χ2v) is 7.23. The predicted octanol–water partition coefficient (Wildman–Crippen LogP) is 2.32. The van der Waals surface area contributed by atoms with Gasteiger partial charge in [-0.2, -0.15) is 11.8 Å². The van der Waals surface area contributed by atoms with Crippen molar-refractivity contribution in [3.05, 3.63) is 0 Å². The van der Waals surface area contributed by atoms with Gasteiger partial charge in [0.15, 0.2) is 0 Å². The zero-order valence-corrected chi connectivity index (χ0v) is 13.2. The number of rotatable bonds is 8. The van der Waals surface area contributed by atoms with Crippen molar-refractivity contribution in [1.29, 1.82) is 0 Å². The van der Waals surface area contributed by atoms with Crippen LogP contribution in [0.3, 0.4) is 0 Å². The Morgan fingerprint density at radius 1 is 1.35 bits per heavy atom. The predicted molar refractivity (Wildman–Crippen MR) is 82.1 cm³/mol. The van der Waals surface area contributed by atoms with E-state index in [-0.39, 0.29) is 18.4 Å². The molecule has 3 N–H and O–H groups in total. The van der Waals surface area contributed by atoms with E-state index in [1.165, 1.54) is 18.6 Å². The summed E-state index contributed by atoms with van der Waals surface area (Å²) in [4.78, 5) is 22.5. The molecule has 1 rings (SSSR count). The van der Waals surface area contributed by atoms with E-state index in [1.54, 1.807) is 0 Å². The number of amides is 2. The normalized spacial score (nSPS) is 19.9. The third-order valence-corrected chi connectivity index (χ3v) is 4.73. The van der Waals surface area contributed by atoms with Crippen molar-refractivity contribution in [2.24, 2.45) is 11.8 Å². The van der Waals surface area contributed by atoms with Gasteiger partial charge < -0.3 is 15.7 Å². The van der Waals surface area contributed by atoms with Crippen LogP contribution < -0.4 is 10.6 Å². The topological polar surface area (TPSA) is 78.4 Å². The van der Waals surface area contributed by atoms with Crippen molar-refractivity contribution in [1.82, 2.24) is 10.6 Å². The van der Waals surface area contributed by atoms with Gasteiger partial charge in [0.25, 0.3) is 0 Å². The number of carbonyl (C=O) groups excluding carboxylic acids is 1. The SMILES string of the molecule is CC(C)C[C@H](CNC(=O)NCC1CCCS1)CC(=O)O. The van der Waals surface area contributed by atoms with E-state index in [4.69, 9.17) is 5.11 Å². The Labute approximate surface area is 125 Å². The van der Waals surface area contributed by atoms with Gasteiger partial charge in [0.05, 0.1) is 0 Å². The maximum Gasteiger partial charge on any atom is 0.314 e. The monoisotopic (exact) mass is 302 g/mol. The molecule has 0 saturated carbocycles. The Morgan fingerprint density at radius 3 is 2.65 bits per heavy atom. The van der Waals surface area contributed by atoms with E-state index in [0.717, 1.165) is 6.42 Å². The number of carbonyl (C=O) groups is 2. The van der Waals surface area contributed by atoms with E-state index in [1.807, 2.05) is 11.8 Å². The Kier molecular flexibility index (Phi) is 7.80. The number of carboxylic acids is 1. The van der Waals surface area contributed by atoms with Crippen LogP contribution in [-0.4, -0.2) is 41.2 Å². The van der Waals surface area contributed by atoms with Crippen LogP contribution in [-0.2, 0) is 4.79 Å². The molecule has 1 aliphatic heterocycles. The van der Waals surface area contributed by atoms with Gasteiger partial charge in [0.2, 0.25) is 0 Å².